The van der Waals surface area contributed by atoms with E-state index in [1.807, 2.05) is 12.1 Å². The van der Waals surface area contributed by atoms with Crippen molar-refractivity contribution in [3.63, 3.8) is 0 Å². The molecule has 2 saturated carbocycles. The van der Waals surface area contributed by atoms with Crippen molar-refractivity contribution >= 4 is 11.8 Å². The van der Waals surface area contributed by atoms with E-state index in [0.29, 0.717) is 24.9 Å². The molecule has 5 fully saturated rings. The van der Waals surface area contributed by atoms with Crippen LogP contribution in [-0.2, 0) is 9.59 Å². The molecule has 35 heavy (non-hydrogen) atoms. The first-order valence-corrected chi connectivity index (χ1v) is 13.3. The molecule has 3 aliphatic heterocycles. The normalized spacial score (nSPS) is 34.1. The summed E-state index contributed by atoms with van der Waals surface area (Å²) in [4.78, 5) is 32.7. The number of amides is 2. The van der Waals surface area contributed by atoms with Crippen molar-refractivity contribution in [3.05, 3.63) is 35.6 Å². The largest absolute Gasteiger partial charge is 0.330 e. The van der Waals surface area contributed by atoms with Crippen molar-refractivity contribution in [1.82, 2.24) is 14.7 Å². The molecule has 3 saturated heterocycles. The van der Waals surface area contributed by atoms with Crippen molar-refractivity contribution in [1.29, 1.82) is 5.26 Å². The van der Waals surface area contributed by atoms with Crippen molar-refractivity contribution in [2.75, 3.05) is 13.1 Å². The summed E-state index contributed by atoms with van der Waals surface area (Å²) in [6.45, 7) is 1.05. The van der Waals surface area contributed by atoms with Crippen molar-refractivity contribution in [2.45, 2.75) is 87.6 Å². The van der Waals surface area contributed by atoms with Gasteiger partial charge in [-0.25, -0.2) is 4.39 Å². The average Bonchev–Trinajstić information content (AvgIpc) is 3.19. The monoisotopic (exact) mass is 479 g/mol. The maximum absolute atomic E-state index is 13.7. The molecular weight excluding hydrogens is 445 g/mol. The second-order valence-corrected chi connectivity index (χ2v) is 11.3. The number of carbonyl (C=O) groups excluding carboxylic acids is 2. The van der Waals surface area contributed by atoms with Gasteiger partial charge in [-0.15, -0.1) is 0 Å². The number of nitrogens with two attached hydrogens (primary N) is 1. The first-order chi connectivity index (χ1) is 17.0. The van der Waals surface area contributed by atoms with E-state index in [0.717, 1.165) is 37.7 Å². The van der Waals surface area contributed by atoms with Gasteiger partial charge in [0.2, 0.25) is 11.8 Å². The van der Waals surface area contributed by atoms with E-state index < -0.39 is 6.04 Å². The van der Waals surface area contributed by atoms with Gasteiger partial charge >= 0.3 is 0 Å². The van der Waals surface area contributed by atoms with Crippen molar-refractivity contribution in [3.8, 4) is 6.07 Å². The summed E-state index contributed by atoms with van der Waals surface area (Å²) in [6, 6.07) is 7.82. The fraction of sp³-hybridized carbons (Fsp3) is 0.667. The maximum atomic E-state index is 13.7. The van der Waals surface area contributed by atoms with Gasteiger partial charge in [-0.3, -0.25) is 14.5 Å². The lowest BCUT2D eigenvalue weighted by Crippen LogP contribution is -2.57. The predicted molar refractivity (Wildman–Crippen MR) is 127 cm³/mol. The van der Waals surface area contributed by atoms with E-state index in [2.05, 4.69) is 15.9 Å². The van der Waals surface area contributed by atoms with Gasteiger partial charge in [-0.2, -0.15) is 5.26 Å². The lowest BCUT2D eigenvalue weighted by Gasteiger charge is -2.43. The lowest BCUT2D eigenvalue weighted by molar-refractivity contribution is -0.143. The first kappa shape index (κ1) is 22.9. The molecule has 7 atom stereocenters. The topological polar surface area (TPSA) is 93.7 Å². The smallest absolute Gasteiger partial charge is 0.242 e. The van der Waals surface area contributed by atoms with Crippen LogP contribution < -0.4 is 5.73 Å². The standard InChI is InChI=1S/C27H34FN5O2/c28-19-8-6-17(7-9-19)25(16-4-2-1-3-5-16)33-21-12-24(27(33)35)31(14-21)15-22(30)26(34)32-20(13-29)10-18-11-23(18)32/h6-9,16,18,20-25H,1-5,10-12,14-15,30H2/t18-,20+,21?,22+,23+,24+,25-/m1/s1. The van der Waals surface area contributed by atoms with Crippen LogP contribution in [0.3, 0.4) is 0 Å². The molecule has 0 spiro atoms. The Labute approximate surface area is 206 Å². The minimum absolute atomic E-state index is 0.0244. The third-order valence-electron chi connectivity index (χ3n) is 9.18. The Balaban J connectivity index is 1.16. The molecule has 2 aliphatic carbocycles. The van der Waals surface area contributed by atoms with Gasteiger partial charge < -0.3 is 15.5 Å². The fourth-order valence-electron chi connectivity index (χ4n) is 7.44. The third-order valence-corrected chi connectivity index (χ3v) is 9.18. The summed E-state index contributed by atoms with van der Waals surface area (Å²) in [5.41, 5.74) is 7.39. The van der Waals surface area contributed by atoms with Crippen LogP contribution in [0.4, 0.5) is 4.39 Å². The molecule has 3 heterocycles. The number of carbonyl (C=O) groups is 2. The number of nitrogens with zero attached hydrogens (tertiary/aromatic N) is 4. The Bertz CT molecular complexity index is 1040. The van der Waals surface area contributed by atoms with E-state index in [4.69, 9.17) is 5.73 Å². The van der Waals surface area contributed by atoms with Gasteiger partial charge in [0, 0.05) is 25.2 Å². The van der Waals surface area contributed by atoms with Gasteiger partial charge in [0.25, 0.3) is 0 Å². The van der Waals surface area contributed by atoms with E-state index in [9.17, 15) is 19.2 Å². The summed E-state index contributed by atoms with van der Waals surface area (Å²) in [6.07, 6.45) is 8.23. The van der Waals surface area contributed by atoms with Gasteiger partial charge in [0.05, 0.1) is 24.2 Å². The van der Waals surface area contributed by atoms with Crippen LogP contribution in [-0.4, -0.2) is 69.8 Å². The zero-order chi connectivity index (χ0) is 24.3. The molecule has 2 N–H and O–H groups in total. The van der Waals surface area contributed by atoms with E-state index >= 15 is 0 Å². The summed E-state index contributed by atoms with van der Waals surface area (Å²) >= 11 is 0. The second kappa shape index (κ2) is 8.86. The maximum Gasteiger partial charge on any atom is 0.242 e. The zero-order valence-electron chi connectivity index (χ0n) is 20.1. The SMILES string of the molecule is N#C[C@@H]1C[C@@H]2C[C@@H]2N1C(=O)[C@@H](N)CN1CC2C[C@H]1C(=O)N2[C@@H](c1ccc(F)cc1)C1CCCCC1. The van der Waals surface area contributed by atoms with E-state index in [-0.39, 0.29) is 47.8 Å². The minimum Gasteiger partial charge on any atom is -0.330 e. The Morgan fingerprint density at radius 1 is 1.14 bits per heavy atom. The molecule has 6 rings (SSSR count). The number of rotatable bonds is 6. The quantitative estimate of drug-likeness (QED) is 0.677. The molecule has 2 bridgehead atoms. The number of likely N-dealkylation sites (tertiary alicyclic amines) is 3. The number of halogens is 1. The Hall–Kier alpha value is -2.50. The number of benzene rings is 1. The number of hydrogen-bond acceptors (Lipinski definition) is 5. The molecule has 1 aromatic rings. The fourth-order valence-corrected chi connectivity index (χ4v) is 7.44. The summed E-state index contributed by atoms with van der Waals surface area (Å²) in [7, 11) is 0. The number of piperazine rings is 1. The molecule has 1 unspecified atom stereocenters. The number of hydrogen-bond donors (Lipinski definition) is 1. The summed E-state index contributed by atoms with van der Waals surface area (Å²) in [5, 5.41) is 9.44. The predicted octanol–water partition coefficient (Wildman–Crippen LogP) is 2.57. The Morgan fingerprint density at radius 2 is 1.89 bits per heavy atom. The Kier molecular flexibility index (Phi) is 5.81. The zero-order valence-corrected chi connectivity index (χ0v) is 20.1. The molecule has 8 heteroatoms. The Morgan fingerprint density at radius 3 is 2.57 bits per heavy atom. The lowest BCUT2D eigenvalue weighted by atomic mass is 9.80. The minimum atomic E-state index is -0.725. The highest BCUT2D eigenvalue weighted by molar-refractivity contribution is 5.87. The van der Waals surface area contributed by atoms with Crippen LogP contribution in [0, 0.1) is 29.0 Å². The molecule has 186 valence electrons. The molecule has 0 aromatic heterocycles. The summed E-state index contributed by atoms with van der Waals surface area (Å²) < 4.78 is 13.7. The van der Waals surface area contributed by atoms with Gasteiger partial charge in [-0.1, -0.05) is 31.4 Å². The number of fused-ring (bicyclic) bond motifs is 3. The molecule has 0 radical (unpaired) electrons. The van der Waals surface area contributed by atoms with Gasteiger partial charge in [0.15, 0.2) is 0 Å². The van der Waals surface area contributed by atoms with Crippen molar-refractivity contribution < 1.29 is 14.0 Å². The average molecular weight is 480 g/mol. The number of piperidine rings is 1. The third kappa shape index (κ3) is 3.93. The highest BCUT2D eigenvalue weighted by Crippen LogP contribution is 2.48. The van der Waals surface area contributed by atoms with Crippen molar-refractivity contribution in [2.24, 2.45) is 17.6 Å². The second-order valence-electron chi connectivity index (χ2n) is 11.3. The number of nitriles is 1. The van der Waals surface area contributed by atoms with Gasteiger partial charge in [-0.05, 0) is 61.6 Å². The highest BCUT2D eigenvalue weighted by Gasteiger charge is 2.56. The first-order valence-electron chi connectivity index (χ1n) is 13.3. The van der Waals surface area contributed by atoms with Crippen LogP contribution in [0.25, 0.3) is 0 Å². The van der Waals surface area contributed by atoms with Gasteiger partial charge in [0.1, 0.15) is 11.9 Å². The molecule has 2 amide bonds. The molecule has 5 aliphatic rings. The molecule has 7 nitrogen and oxygen atoms in total. The van der Waals surface area contributed by atoms with E-state index in [1.165, 1.54) is 31.4 Å². The van der Waals surface area contributed by atoms with Crippen LogP contribution in [0.1, 0.15) is 63.0 Å². The van der Waals surface area contributed by atoms with Crippen LogP contribution in [0.15, 0.2) is 24.3 Å². The molecule has 1 aromatic carbocycles. The summed E-state index contributed by atoms with van der Waals surface area (Å²) in [5.74, 6) is 0.542. The van der Waals surface area contributed by atoms with E-state index in [1.54, 1.807) is 4.90 Å². The van der Waals surface area contributed by atoms with Crippen LogP contribution in [0.2, 0.25) is 0 Å². The highest BCUT2D eigenvalue weighted by atomic mass is 19.1. The molecular formula is C27H34FN5O2. The van der Waals surface area contributed by atoms with Crippen LogP contribution in [0.5, 0.6) is 0 Å². The van der Waals surface area contributed by atoms with Crippen LogP contribution >= 0.6 is 0 Å².